The summed E-state index contributed by atoms with van der Waals surface area (Å²) in [5, 5.41) is 13.5. The molecule has 100 valence electrons. The van der Waals surface area contributed by atoms with Crippen LogP contribution in [-0.2, 0) is 4.79 Å². The van der Waals surface area contributed by atoms with Crippen molar-refractivity contribution in [2.45, 2.75) is 38.8 Å². The van der Waals surface area contributed by atoms with Gasteiger partial charge in [-0.2, -0.15) is 0 Å². The molecule has 6 nitrogen and oxygen atoms in total. The van der Waals surface area contributed by atoms with Crippen LogP contribution in [0.5, 0.6) is 0 Å². The molecule has 0 saturated heterocycles. The largest absolute Gasteiger partial charge is 0.476 e. The zero-order valence-corrected chi connectivity index (χ0v) is 11.4. The standard InChI is InChI=1S/C11H17N3O3S/c1-6(13-8(15)4-11(2,3)12)9-14-7(5-18-9)10(16)17/h5-6H,4,12H2,1-3H3,(H,13,15)(H,16,17). The Morgan fingerprint density at radius 2 is 2.22 bits per heavy atom. The van der Waals surface area contributed by atoms with Crippen molar-refractivity contribution in [2.75, 3.05) is 0 Å². The fourth-order valence-corrected chi connectivity index (χ4v) is 2.15. The Morgan fingerprint density at radius 1 is 1.61 bits per heavy atom. The molecule has 0 fully saturated rings. The molecule has 1 rings (SSSR count). The van der Waals surface area contributed by atoms with E-state index in [1.807, 2.05) is 0 Å². The third-order valence-electron chi connectivity index (χ3n) is 2.11. The molecular weight excluding hydrogens is 254 g/mol. The number of carbonyl (C=O) groups excluding carboxylic acids is 1. The highest BCUT2D eigenvalue weighted by Gasteiger charge is 2.20. The first kappa shape index (κ1) is 14.6. The lowest BCUT2D eigenvalue weighted by Crippen LogP contribution is -2.39. The van der Waals surface area contributed by atoms with E-state index in [1.165, 1.54) is 16.7 Å². The maximum Gasteiger partial charge on any atom is 0.355 e. The van der Waals surface area contributed by atoms with Crippen LogP contribution in [0, 0.1) is 0 Å². The van der Waals surface area contributed by atoms with Crippen LogP contribution in [0.25, 0.3) is 0 Å². The molecule has 0 aliphatic rings. The van der Waals surface area contributed by atoms with Gasteiger partial charge < -0.3 is 16.2 Å². The first-order valence-corrected chi connectivity index (χ1v) is 6.34. The Morgan fingerprint density at radius 3 is 2.67 bits per heavy atom. The molecule has 0 spiro atoms. The van der Waals surface area contributed by atoms with Crippen LogP contribution < -0.4 is 11.1 Å². The first-order chi connectivity index (χ1) is 8.19. The summed E-state index contributed by atoms with van der Waals surface area (Å²) in [6, 6.07) is -0.321. The van der Waals surface area contributed by atoms with Crippen molar-refractivity contribution in [1.82, 2.24) is 10.3 Å². The lowest BCUT2D eigenvalue weighted by atomic mass is 10.0. The molecule has 0 aliphatic heterocycles. The van der Waals surface area contributed by atoms with Crippen molar-refractivity contribution in [3.05, 3.63) is 16.1 Å². The van der Waals surface area contributed by atoms with Crippen LogP contribution in [0.2, 0.25) is 0 Å². The number of aromatic carboxylic acids is 1. The Balaban J connectivity index is 2.62. The van der Waals surface area contributed by atoms with Gasteiger partial charge in [0.05, 0.1) is 6.04 Å². The van der Waals surface area contributed by atoms with Crippen LogP contribution in [0.4, 0.5) is 0 Å². The van der Waals surface area contributed by atoms with Crippen molar-refractivity contribution < 1.29 is 14.7 Å². The monoisotopic (exact) mass is 271 g/mol. The van der Waals surface area contributed by atoms with Crippen molar-refractivity contribution in [1.29, 1.82) is 0 Å². The zero-order chi connectivity index (χ0) is 13.9. The minimum Gasteiger partial charge on any atom is -0.476 e. The Hall–Kier alpha value is -1.47. The van der Waals surface area contributed by atoms with E-state index in [0.717, 1.165) is 0 Å². The van der Waals surface area contributed by atoms with E-state index in [1.54, 1.807) is 20.8 Å². The summed E-state index contributed by atoms with van der Waals surface area (Å²) < 4.78 is 0. The normalized spacial score (nSPS) is 13.1. The molecule has 0 radical (unpaired) electrons. The van der Waals surface area contributed by atoms with E-state index in [4.69, 9.17) is 10.8 Å². The summed E-state index contributed by atoms with van der Waals surface area (Å²) in [5.74, 6) is -1.25. The van der Waals surface area contributed by atoms with E-state index >= 15 is 0 Å². The molecule has 1 unspecified atom stereocenters. The van der Waals surface area contributed by atoms with Gasteiger partial charge in [-0.1, -0.05) is 0 Å². The van der Waals surface area contributed by atoms with Gasteiger partial charge in [-0.15, -0.1) is 11.3 Å². The molecule has 1 atom stereocenters. The number of aromatic nitrogens is 1. The Kier molecular flexibility index (Phi) is 4.42. The average molecular weight is 271 g/mol. The Labute approximate surface area is 109 Å². The molecule has 0 aromatic carbocycles. The van der Waals surface area contributed by atoms with Crippen LogP contribution in [0.1, 0.15) is 48.7 Å². The number of hydrogen-bond acceptors (Lipinski definition) is 5. The minimum atomic E-state index is -1.07. The van der Waals surface area contributed by atoms with E-state index in [9.17, 15) is 9.59 Å². The fourth-order valence-electron chi connectivity index (χ4n) is 1.35. The number of nitrogens with one attached hydrogen (secondary N) is 1. The van der Waals surface area contributed by atoms with Gasteiger partial charge in [0.25, 0.3) is 0 Å². The van der Waals surface area contributed by atoms with E-state index in [-0.39, 0.29) is 24.1 Å². The highest BCUT2D eigenvalue weighted by Crippen LogP contribution is 2.18. The molecule has 18 heavy (non-hydrogen) atoms. The molecule has 0 aliphatic carbocycles. The van der Waals surface area contributed by atoms with Gasteiger partial charge >= 0.3 is 5.97 Å². The van der Waals surface area contributed by atoms with Crippen molar-refractivity contribution in [2.24, 2.45) is 5.73 Å². The number of nitrogens with zero attached hydrogens (tertiary/aromatic N) is 1. The second-order valence-corrected chi connectivity index (χ2v) is 5.72. The van der Waals surface area contributed by atoms with Gasteiger partial charge in [-0.05, 0) is 20.8 Å². The second kappa shape index (κ2) is 5.45. The molecular formula is C11H17N3O3S. The maximum atomic E-state index is 11.7. The summed E-state index contributed by atoms with van der Waals surface area (Å²) >= 11 is 1.21. The lowest BCUT2D eigenvalue weighted by Gasteiger charge is -2.19. The molecule has 1 amide bonds. The van der Waals surface area contributed by atoms with Crippen LogP contribution in [-0.4, -0.2) is 27.5 Å². The molecule has 0 saturated carbocycles. The predicted molar refractivity (Wildman–Crippen MR) is 68.5 cm³/mol. The van der Waals surface area contributed by atoms with E-state index in [2.05, 4.69) is 10.3 Å². The number of rotatable bonds is 5. The van der Waals surface area contributed by atoms with Crippen molar-refractivity contribution in [3.8, 4) is 0 Å². The number of hydrogen-bond donors (Lipinski definition) is 3. The SMILES string of the molecule is CC(NC(=O)CC(C)(C)N)c1nc(C(=O)O)cs1. The topological polar surface area (TPSA) is 105 Å². The van der Waals surface area contributed by atoms with Gasteiger partial charge in [-0.3, -0.25) is 4.79 Å². The number of carboxylic acid groups (broad SMARTS) is 1. The van der Waals surface area contributed by atoms with Gasteiger partial charge in [0.2, 0.25) is 5.91 Å². The fraction of sp³-hybridized carbons (Fsp3) is 0.545. The molecule has 7 heteroatoms. The quantitative estimate of drug-likeness (QED) is 0.745. The van der Waals surface area contributed by atoms with Crippen LogP contribution >= 0.6 is 11.3 Å². The van der Waals surface area contributed by atoms with Crippen molar-refractivity contribution in [3.63, 3.8) is 0 Å². The predicted octanol–water partition coefficient (Wildman–Crippen LogP) is 1.15. The van der Waals surface area contributed by atoms with Gasteiger partial charge in [0.15, 0.2) is 5.69 Å². The van der Waals surface area contributed by atoms with E-state index in [0.29, 0.717) is 5.01 Å². The summed E-state index contributed by atoms with van der Waals surface area (Å²) in [5.41, 5.74) is 5.17. The number of amides is 1. The minimum absolute atomic E-state index is 0.00439. The molecule has 1 aromatic heterocycles. The number of thiazole rings is 1. The van der Waals surface area contributed by atoms with Gasteiger partial charge in [0.1, 0.15) is 5.01 Å². The molecule has 1 heterocycles. The smallest absolute Gasteiger partial charge is 0.355 e. The molecule has 1 aromatic rings. The lowest BCUT2D eigenvalue weighted by molar-refractivity contribution is -0.122. The van der Waals surface area contributed by atoms with Crippen molar-refractivity contribution >= 4 is 23.2 Å². The third kappa shape index (κ3) is 4.42. The highest BCUT2D eigenvalue weighted by atomic mass is 32.1. The summed E-state index contributed by atoms with van der Waals surface area (Å²) in [6.07, 6.45) is 0.203. The molecule has 0 bridgehead atoms. The van der Waals surface area contributed by atoms with Crippen LogP contribution in [0.15, 0.2) is 5.38 Å². The highest BCUT2D eigenvalue weighted by molar-refractivity contribution is 7.09. The average Bonchev–Trinajstić information content (AvgIpc) is 2.62. The summed E-state index contributed by atoms with van der Waals surface area (Å²) in [7, 11) is 0. The summed E-state index contributed by atoms with van der Waals surface area (Å²) in [6.45, 7) is 5.29. The second-order valence-electron chi connectivity index (χ2n) is 4.83. The third-order valence-corrected chi connectivity index (χ3v) is 3.13. The Bertz CT molecular complexity index is 451. The van der Waals surface area contributed by atoms with Gasteiger partial charge in [-0.25, -0.2) is 9.78 Å². The summed E-state index contributed by atoms with van der Waals surface area (Å²) in [4.78, 5) is 26.3. The van der Waals surface area contributed by atoms with Crippen LogP contribution in [0.3, 0.4) is 0 Å². The van der Waals surface area contributed by atoms with Gasteiger partial charge in [0, 0.05) is 17.3 Å². The molecule has 4 N–H and O–H groups in total. The number of nitrogens with two attached hydrogens (primary N) is 1. The number of carbonyl (C=O) groups is 2. The first-order valence-electron chi connectivity index (χ1n) is 5.46. The van der Waals surface area contributed by atoms with E-state index < -0.39 is 11.5 Å². The number of carboxylic acids is 1. The zero-order valence-electron chi connectivity index (χ0n) is 10.6. The maximum absolute atomic E-state index is 11.7.